The number of benzene rings is 9. The van der Waals surface area contributed by atoms with Crippen molar-refractivity contribution in [1.29, 1.82) is 0 Å². The fourth-order valence-corrected chi connectivity index (χ4v) is 7.77. The Labute approximate surface area is 302 Å². The molecule has 244 valence electrons. The molecular formula is C50H33NO. The Kier molecular flexibility index (Phi) is 7.18. The molecule has 1 aromatic heterocycles. The minimum atomic E-state index is 0.872. The van der Waals surface area contributed by atoms with Gasteiger partial charge in [0.05, 0.1) is 5.69 Å². The van der Waals surface area contributed by atoms with E-state index in [-0.39, 0.29) is 0 Å². The van der Waals surface area contributed by atoms with E-state index in [4.69, 9.17) is 4.42 Å². The molecule has 52 heavy (non-hydrogen) atoms. The number of nitrogens with zero attached hydrogens (tertiary/aromatic N) is 1. The number of anilines is 3. The number of furan rings is 1. The normalized spacial score (nSPS) is 11.5. The van der Waals surface area contributed by atoms with Crippen molar-refractivity contribution in [3.05, 3.63) is 200 Å². The van der Waals surface area contributed by atoms with E-state index in [1.807, 2.05) is 18.2 Å². The molecule has 0 aliphatic rings. The van der Waals surface area contributed by atoms with Gasteiger partial charge in [-0.15, -0.1) is 0 Å². The lowest BCUT2D eigenvalue weighted by molar-refractivity contribution is 0.632. The zero-order valence-electron chi connectivity index (χ0n) is 28.4. The molecule has 0 aliphatic heterocycles. The highest BCUT2D eigenvalue weighted by Crippen LogP contribution is 2.44. The molecule has 10 aromatic rings. The van der Waals surface area contributed by atoms with Crippen LogP contribution < -0.4 is 4.90 Å². The van der Waals surface area contributed by atoms with Crippen LogP contribution in [0.2, 0.25) is 0 Å². The van der Waals surface area contributed by atoms with E-state index in [1.54, 1.807) is 0 Å². The van der Waals surface area contributed by atoms with Gasteiger partial charge in [-0.1, -0.05) is 158 Å². The Morgan fingerprint density at radius 1 is 0.327 bits per heavy atom. The molecule has 0 fully saturated rings. The van der Waals surface area contributed by atoms with Crippen LogP contribution in [0.25, 0.3) is 76.9 Å². The van der Waals surface area contributed by atoms with E-state index >= 15 is 0 Å². The molecule has 0 saturated carbocycles. The van der Waals surface area contributed by atoms with Crippen LogP contribution in [0.3, 0.4) is 0 Å². The molecular weight excluding hydrogens is 631 g/mol. The van der Waals surface area contributed by atoms with Crippen LogP contribution in [0, 0.1) is 0 Å². The second-order valence-electron chi connectivity index (χ2n) is 13.3. The summed E-state index contributed by atoms with van der Waals surface area (Å²) in [6, 6.07) is 71.7. The molecule has 1 heterocycles. The van der Waals surface area contributed by atoms with Crippen LogP contribution in [-0.2, 0) is 0 Å². The minimum absolute atomic E-state index is 0.872. The van der Waals surface area contributed by atoms with Crippen molar-refractivity contribution >= 4 is 60.3 Å². The summed E-state index contributed by atoms with van der Waals surface area (Å²) < 4.78 is 6.33. The number of hydrogen-bond acceptors (Lipinski definition) is 2. The van der Waals surface area contributed by atoms with Gasteiger partial charge in [0.1, 0.15) is 11.3 Å². The van der Waals surface area contributed by atoms with Crippen molar-refractivity contribution in [2.45, 2.75) is 0 Å². The zero-order chi connectivity index (χ0) is 34.4. The Hall–Kier alpha value is -6.90. The summed E-state index contributed by atoms with van der Waals surface area (Å²) in [6.07, 6.45) is 0. The third kappa shape index (κ3) is 5.12. The van der Waals surface area contributed by atoms with Crippen molar-refractivity contribution in [3.63, 3.8) is 0 Å². The lowest BCUT2D eigenvalue weighted by Crippen LogP contribution is -2.10. The fourth-order valence-electron chi connectivity index (χ4n) is 7.77. The van der Waals surface area contributed by atoms with Crippen LogP contribution in [0.1, 0.15) is 0 Å². The Morgan fingerprint density at radius 2 is 0.846 bits per heavy atom. The molecule has 0 atom stereocenters. The van der Waals surface area contributed by atoms with Gasteiger partial charge in [0.2, 0.25) is 0 Å². The van der Waals surface area contributed by atoms with Crippen molar-refractivity contribution < 1.29 is 4.42 Å². The van der Waals surface area contributed by atoms with Gasteiger partial charge in [0.15, 0.2) is 0 Å². The second kappa shape index (κ2) is 12.5. The van der Waals surface area contributed by atoms with Crippen molar-refractivity contribution in [1.82, 2.24) is 0 Å². The van der Waals surface area contributed by atoms with Crippen molar-refractivity contribution in [3.8, 4) is 33.6 Å². The lowest BCUT2D eigenvalue weighted by Gasteiger charge is -2.28. The number of para-hydroxylation sites is 1. The summed E-state index contributed by atoms with van der Waals surface area (Å²) in [4.78, 5) is 2.40. The van der Waals surface area contributed by atoms with Gasteiger partial charge in [-0.25, -0.2) is 0 Å². The summed E-state index contributed by atoms with van der Waals surface area (Å²) in [5, 5.41) is 8.52. The molecule has 0 N–H and O–H groups in total. The van der Waals surface area contributed by atoms with E-state index < -0.39 is 0 Å². The standard InChI is InChI=1S/C50H33NO/c1-4-16-41-34(12-1)15-11-22-42(41)35-24-28-39(29-25-35)51(48-32-37-13-2-5-18-44(37)45-19-7-8-20-46(45)48)40-30-26-36(27-31-40)43-17-6-9-21-47(43)50-33-38-14-3-10-23-49(38)52-50/h1-33H. The first-order valence-electron chi connectivity index (χ1n) is 17.8. The van der Waals surface area contributed by atoms with Gasteiger partial charge in [-0.3, -0.25) is 0 Å². The molecule has 0 unspecified atom stereocenters. The quantitative estimate of drug-likeness (QED) is 0.165. The van der Waals surface area contributed by atoms with Crippen molar-refractivity contribution in [2.75, 3.05) is 4.90 Å². The summed E-state index contributed by atoms with van der Waals surface area (Å²) in [7, 11) is 0. The molecule has 0 amide bonds. The van der Waals surface area contributed by atoms with E-state index in [0.717, 1.165) is 50.5 Å². The molecule has 0 bridgehead atoms. The van der Waals surface area contributed by atoms with E-state index in [2.05, 4.69) is 187 Å². The topological polar surface area (TPSA) is 16.4 Å². The lowest BCUT2D eigenvalue weighted by atomic mass is 9.96. The smallest absolute Gasteiger partial charge is 0.136 e. The maximum absolute atomic E-state index is 6.33. The van der Waals surface area contributed by atoms with Gasteiger partial charge >= 0.3 is 0 Å². The maximum Gasteiger partial charge on any atom is 0.136 e. The second-order valence-corrected chi connectivity index (χ2v) is 13.3. The highest BCUT2D eigenvalue weighted by Gasteiger charge is 2.19. The third-order valence-corrected chi connectivity index (χ3v) is 10.3. The summed E-state index contributed by atoms with van der Waals surface area (Å²) in [5.74, 6) is 0.872. The molecule has 2 heteroatoms. The van der Waals surface area contributed by atoms with Crippen LogP contribution in [0.4, 0.5) is 17.1 Å². The molecule has 10 rings (SSSR count). The maximum atomic E-state index is 6.33. The molecule has 2 nitrogen and oxygen atoms in total. The SMILES string of the molecule is c1ccc(-c2cc3ccccc3o2)c(-c2ccc(N(c3ccc(-c4cccc5ccccc45)cc3)c3cc4ccccc4c4ccccc34)cc2)c1. The molecule has 0 spiro atoms. The summed E-state index contributed by atoms with van der Waals surface area (Å²) >= 11 is 0. The van der Waals surface area contributed by atoms with Crippen LogP contribution in [-0.4, -0.2) is 0 Å². The van der Waals surface area contributed by atoms with Gasteiger partial charge < -0.3 is 9.32 Å². The van der Waals surface area contributed by atoms with E-state index in [9.17, 15) is 0 Å². The monoisotopic (exact) mass is 663 g/mol. The highest BCUT2D eigenvalue weighted by molar-refractivity contribution is 6.14. The number of rotatable bonds is 6. The average molecular weight is 664 g/mol. The Bertz CT molecular complexity index is 2860. The predicted octanol–water partition coefficient (Wildman–Crippen LogP) is 14.4. The van der Waals surface area contributed by atoms with Crippen LogP contribution in [0.15, 0.2) is 205 Å². The summed E-state index contributed by atoms with van der Waals surface area (Å²) in [6.45, 7) is 0. The van der Waals surface area contributed by atoms with Gasteiger partial charge in [-0.05, 0) is 91.6 Å². The van der Waals surface area contributed by atoms with Crippen molar-refractivity contribution in [2.24, 2.45) is 0 Å². The molecule has 0 aliphatic carbocycles. The van der Waals surface area contributed by atoms with Crippen LogP contribution >= 0.6 is 0 Å². The average Bonchev–Trinajstić information content (AvgIpc) is 3.66. The highest BCUT2D eigenvalue weighted by atomic mass is 16.3. The Morgan fingerprint density at radius 3 is 1.58 bits per heavy atom. The first-order chi connectivity index (χ1) is 25.8. The number of hydrogen-bond donors (Lipinski definition) is 0. The molecule has 0 saturated heterocycles. The summed E-state index contributed by atoms with van der Waals surface area (Å²) in [5.41, 5.74) is 10.00. The molecule has 9 aromatic carbocycles. The largest absolute Gasteiger partial charge is 0.456 e. The first-order valence-corrected chi connectivity index (χ1v) is 17.8. The van der Waals surface area contributed by atoms with E-state index in [0.29, 0.717) is 0 Å². The number of fused-ring (bicyclic) bond motifs is 5. The minimum Gasteiger partial charge on any atom is -0.456 e. The Balaban J connectivity index is 1.12. The third-order valence-electron chi connectivity index (χ3n) is 10.3. The first kappa shape index (κ1) is 30.0. The van der Waals surface area contributed by atoms with Crippen LogP contribution in [0.5, 0.6) is 0 Å². The predicted molar refractivity (Wildman–Crippen MR) is 220 cm³/mol. The molecule has 0 radical (unpaired) electrons. The van der Waals surface area contributed by atoms with Gasteiger partial charge in [0.25, 0.3) is 0 Å². The van der Waals surface area contributed by atoms with E-state index in [1.165, 1.54) is 43.4 Å². The fraction of sp³-hybridized carbons (Fsp3) is 0. The zero-order valence-corrected chi connectivity index (χ0v) is 28.4. The van der Waals surface area contributed by atoms with Gasteiger partial charge in [0, 0.05) is 27.7 Å². The van der Waals surface area contributed by atoms with Gasteiger partial charge in [-0.2, -0.15) is 0 Å².